The highest BCUT2D eigenvalue weighted by Gasteiger charge is 2.18. The van der Waals surface area contributed by atoms with E-state index in [-0.39, 0.29) is 24.0 Å². The summed E-state index contributed by atoms with van der Waals surface area (Å²) in [5.74, 6) is 1.60. The number of hydrogen-bond donors (Lipinski definition) is 2. The number of methoxy groups -OCH3 is 1. The van der Waals surface area contributed by atoms with Crippen LogP contribution in [0.25, 0.3) is 0 Å². The number of rotatable bonds is 8. The van der Waals surface area contributed by atoms with Gasteiger partial charge in [0, 0.05) is 40.0 Å². The molecule has 2 rings (SSSR count). The van der Waals surface area contributed by atoms with Gasteiger partial charge in [-0.05, 0) is 44.8 Å². The monoisotopic (exact) mass is 464 g/mol. The Morgan fingerprint density at radius 1 is 1.36 bits per heavy atom. The summed E-state index contributed by atoms with van der Waals surface area (Å²) < 4.78 is 7.02. The summed E-state index contributed by atoms with van der Waals surface area (Å²) in [7, 11) is 3.71. The molecule has 0 amide bonds. The highest BCUT2D eigenvalue weighted by Crippen LogP contribution is 2.15. The number of guanidine groups is 1. The zero-order valence-electron chi connectivity index (χ0n) is 15.7. The summed E-state index contributed by atoms with van der Waals surface area (Å²) in [5.41, 5.74) is 1.11. The Morgan fingerprint density at radius 2 is 2.12 bits per heavy atom. The molecule has 2 N–H and O–H groups in total. The number of likely N-dealkylation sites (tertiary alicyclic amines) is 1. The van der Waals surface area contributed by atoms with E-state index in [1.54, 1.807) is 7.11 Å². The van der Waals surface area contributed by atoms with Crippen LogP contribution in [0.3, 0.4) is 0 Å². The quantitative estimate of drug-likeness (QED) is 0.347. The molecule has 1 aromatic heterocycles. The molecule has 2 heterocycles. The van der Waals surface area contributed by atoms with Crippen molar-refractivity contribution in [3.05, 3.63) is 18.0 Å². The zero-order valence-corrected chi connectivity index (χ0v) is 18.0. The van der Waals surface area contributed by atoms with Crippen LogP contribution in [0.4, 0.5) is 0 Å². The fourth-order valence-corrected chi connectivity index (χ4v) is 2.93. The molecule has 25 heavy (non-hydrogen) atoms. The molecule has 0 spiro atoms. The van der Waals surface area contributed by atoms with Gasteiger partial charge in [-0.25, -0.2) is 4.99 Å². The Kier molecular flexibility index (Phi) is 11.1. The molecule has 1 aliphatic rings. The normalized spacial score (nSPS) is 16.5. The molecule has 0 aliphatic carbocycles. The third-order valence-corrected chi connectivity index (χ3v) is 4.54. The highest BCUT2D eigenvalue weighted by atomic mass is 127. The first-order chi connectivity index (χ1) is 11.7. The largest absolute Gasteiger partial charge is 0.383 e. The van der Waals surface area contributed by atoms with E-state index < -0.39 is 0 Å². The second kappa shape index (κ2) is 12.5. The number of piperidine rings is 1. The lowest BCUT2D eigenvalue weighted by Gasteiger charge is -2.32. The number of nitrogens with one attached hydrogen (secondary N) is 2. The minimum atomic E-state index is 0. The van der Waals surface area contributed by atoms with E-state index in [2.05, 4.69) is 32.5 Å². The lowest BCUT2D eigenvalue weighted by molar-refractivity contribution is 0.121. The van der Waals surface area contributed by atoms with Crippen LogP contribution in [0.15, 0.2) is 17.3 Å². The maximum Gasteiger partial charge on any atom is 0.191 e. The molecule has 8 heteroatoms. The van der Waals surface area contributed by atoms with E-state index in [1.807, 2.05) is 24.0 Å². The molecule has 0 radical (unpaired) electrons. The molecule has 1 fully saturated rings. The Balaban J connectivity index is 0.00000312. The standard InChI is InChI=1S/C17H32N6O.HI/c1-4-18-17(20-14-16-5-8-21-22(16)2)19-13-15-6-9-23(10-7-15)11-12-24-3;/h5,8,15H,4,6-7,9-14H2,1-3H3,(H2,18,19,20);1H. The van der Waals surface area contributed by atoms with Gasteiger partial charge in [-0.3, -0.25) is 4.68 Å². The Morgan fingerprint density at radius 3 is 2.72 bits per heavy atom. The van der Waals surface area contributed by atoms with E-state index >= 15 is 0 Å². The van der Waals surface area contributed by atoms with Crippen molar-refractivity contribution in [3.8, 4) is 0 Å². The lowest BCUT2D eigenvalue weighted by atomic mass is 9.97. The molecule has 0 atom stereocenters. The van der Waals surface area contributed by atoms with E-state index in [0.29, 0.717) is 12.5 Å². The SMILES string of the molecule is CCNC(=NCc1ccnn1C)NCC1CCN(CCOC)CC1.I. The van der Waals surface area contributed by atoms with Crippen molar-refractivity contribution < 1.29 is 4.74 Å². The van der Waals surface area contributed by atoms with Crippen LogP contribution in [0.5, 0.6) is 0 Å². The van der Waals surface area contributed by atoms with Gasteiger partial charge in [-0.2, -0.15) is 5.10 Å². The van der Waals surface area contributed by atoms with Crippen molar-refractivity contribution in [1.82, 2.24) is 25.3 Å². The van der Waals surface area contributed by atoms with Gasteiger partial charge in [0.05, 0.1) is 18.8 Å². The Hall–Kier alpha value is -0.870. The maximum absolute atomic E-state index is 5.16. The molecule has 0 aromatic carbocycles. The van der Waals surface area contributed by atoms with Gasteiger partial charge < -0.3 is 20.3 Å². The van der Waals surface area contributed by atoms with Crippen LogP contribution in [-0.2, 0) is 18.3 Å². The Labute approximate surface area is 168 Å². The summed E-state index contributed by atoms with van der Waals surface area (Å²) in [5, 5.41) is 11.0. The molecule has 0 bridgehead atoms. The summed E-state index contributed by atoms with van der Waals surface area (Å²) in [6.07, 6.45) is 4.28. The predicted molar refractivity (Wildman–Crippen MR) is 112 cm³/mol. The first-order valence-corrected chi connectivity index (χ1v) is 8.93. The van der Waals surface area contributed by atoms with Crippen LogP contribution < -0.4 is 10.6 Å². The van der Waals surface area contributed by atoms with Gasteiger partial charge in [0.15, 0.2) is 5.96 Å². The second-order valence-electron chi connectivity index (χ2n) is 6.30. The summed E-state index contributed by atoms with van der Waals surface area (Å²) in [4.78, 5) is 7.15. The maximum atomic E-state index is 5.16. The van der Waals surface area contributed by atoms with E-state index in [1.165, 1.54) is 25.9 Å². The second-order valence-corrected chi connectivity index (χ2v) is 6.30. The first-order valence-electron chi connectivity index (χ1n) is 8.93. The van der Waals surface area contributed by atoms with Crippen LogP contribution in [0.1, 0.15) is 25.5 Å². The number of nitrogens with zero attached hydrogens (tertiary/aromatic N) is 4. The van der Waals surface area contributed by atoms with Gasteiger partial charge in [-0.15, -0.1) is 24.0 Å². The number of aryl methyl sites for hydroxylation is 1. The third kappa shape index (κ3) is 7.91. The summed E-state index contributed by atoms with van der Waals surface area (Å²) in [6.45, 7) is 8.79. The van der Waals surface area contributed by atoms with E-state index in [9.17, 15) is 0 Å². The van der Waals surface area contributed by atoms with E-state index in [0.717, 1.165) is 37.9 Å². The van der Waals surface area contributed by atoms with Crippen molar-refractivity contribution in [2.24, 2.45) is 18.0 Å². The average Bonchev–Trinajstić information content (AvgIpc) is 3.01. The number of hydrogen-bond acceptors (Lipinski definition) is 4. The molecule has 0 unspecified atom stereocenters. The van der Waals surface area contributed by atoms with Gasteiger partial charge in [0.2, 0.25) is 0 Å². The van der Waals surface area contributed by atoms with Crippen molar-refractivity contribution in [1.29, 1.82) is 0 Å². The van der Waals surface area contributed by atoms with Crippen molar-refractivity contribution in [3.63, 3.8) is 0 Å². The van der Waals surface area contributed by atoms with Crippen LogP contribution in [0, 0.1) is 5.92 Å². The lowest BCUT2D eigenvalue weighted by Crippen LogP contribution is -2.43. The minimum absolute atomic E-state index is 0. The van der Waals surface area contributed by atoms with Crippen molar-refractivity contribution in [2.45, 2.75) is 26.3 Å². The van der Waals surface area contributed by atoms with Gasteiger partial charge in [0.25, 0.3) is 0 Å². The third-order valence-electron chi connectivity index (χ3n) is 4.54. The highest BCUT2D eigenvalue weighted by molar-refractivity contribution is 14.0. The van der Waals surface area contributed by atoms with Crippen LogP contribution in [-0.4, -0.2) is 67.1 Å². The molecular weight excluding hydrogens is 431 g/mol. The van der Waals surface area contributed by atoms with Crippen LogP contribution >= 0.6 is 24.0 Å². The minimum Gasteiger partial charge on any atom is -0.383 e. The summed E-state index contributed by atoms with van der Waals surface area (Å²) in [6, 6.07) is 2.00. The number of halogens is 1. The molecule has 1 aromatic rings. The smallest absolute Gasteiger partial charge is 0.191 e. The molecule has 7 nitrogen and oxygen atoms in total. The predicted octanol–water partition coefficient (Wildman–Crippen LogP) is 1.45. The zero-order chi connectivity index (χ0) is 17.2. The molecule has 144 valence electrons. The van der Waals surface area contributed by atoms with E-state index in [4.69, 9.17) is 4.74 Å². The molecule has 0 saturated carbocycles. The number of aliphatic imine (C=N–C) groups is 1. The first kappa shape index (κ1) is 22.2. The number of aromatic nitrogens is 2. The topological polar surface area (TPSA) is 66.7 Å². The van der Waals surface area contributed by atoms with Gasteiger partial charge in [-0.1, -0.05) is 0 Å². The molecular formula is C17H33IN6O. The summed E-state index contributed by atoms with van der Waals surface area (Å²) >= 11 is 0. The molecule has 1 saturated heterocycles. The molecule has 1 aliphatic heterocycles. The van der Waals surface area contributed by atoms with Gasteiger partial charge in [0.1, 0.15) is 0 Å². The fourth-order valence-electron chi connectivity index (χ4n) is 2.93. The van der Waals surface area contributed by atoms with Crippen molar-refractivity contribution in [2.75, 3.05) is 46.4 Å². The van der Waals surface area contributed by atoms with Crippen LogP contribution in [0.2, 0.25) is 0 Å². The average molecular weight is 464 g/mol. The van der Waals surface area contributed by atoms with Gasteiger partial charge >= 0.3 is 0 Å². The fraction of sp³-hybridized carbons (Fsp3) is 0.765. The Bertz CT molecular complexity index is 499. The number of ether oxygens (including phenoxy) is 1. The van der Waals surface area contributed by atoms with Crippen molar-refractivity contribution >= 4 is 29.9 Å².